The lowest BCUT2D eigenvalue weighted by Gasteiger charge is -2.26. The molecule has 0 atom stereocenters. The number of morpholine rings is 1. The zero-order valence-corrected chi connectivity index (χ0v) is 24.1. The molecule has 2 aliphatic rings. The summed E-state index contributed by atoms with van der Waals surface area (Å²) in [5.74, 6) is 0.205. The van der Waals surface area contributed by atoms with Gasteiger partial charge in [0, 0.05) is 50.8 Å². The summed E-state index contributed by atoms with van der Waals surface area (Å²) in [7, 11) is 3.21. The van der Waals surface area contributed by atoms with Crippen molar-refractivity contribution in [1.29, 1.82) is 0 Å². The molecule has 1 saturated heterocycles. The lowest BCUT2D eigenvalue weighted by Crippen LogP contribution is -2.38. The minimum Gasteiger partial charge on any atom is -0.496 e. The molecule has 0 N–H and O–H groups in total. The number of hydrogen-bond acceptors (Lipinski definition) is 9. The maximum Gasteiger partial charge on any atom is 0.415 e. The van der Waals surface area contributed by atoms with Gasteiger partial charge in [-0.3, -0.25) is 9.69 Å². The van der Waals surface area contributed by atoms with Crippen LogP contribution in [0.2, 0.25) is 0 Å². The third kappa shape index (κ3) is 8.19. The number of hydrogen-bond donors (Lipinski definition) is 0. The number of benzene rings is 1. The highest BCUT2D eigenvalue weighted by Gasteiger charge is 2.34. The molecule has 1 aromatic rings. The van der Waals surface area contributed by atoms with Crippen molar-refractivity contribution >= 4 is 18.0 Å². The summed E-state index contributed by atoms with van der Waals surface area (Å²) in [4.78, 5) is 41.6. The summed E-state index contributed by atoms with van der Waals surface area (Å²) in [5.41, 5.74) is 3.27. The predicted octanol–water partition coefficient (Wildman–Crippen LogP) is 3.91. The van der Waals surface area contributed by atoms with E-state index >= 15 is 0 Å². The van der Waals surface area contributed by atoms with Gasteiger partial charge in [-0.25, -0.2) is 9.59 Å². The highest BCUT2D eigenvalue weighted by molar-refractivity contribution is 5.99. The van der Waals surface area contributed by atoms with Crippen LogP contribution >= 0.6 is 0 Å². The second-order valence-electron chi connectivity index (χ2n) is 10.5. The molecule has 1 aromatic carbocycles. The van der Waals surface area contributed by atoms with E-state index in [-0.39, 0.29) is 36.2 Å². The summed E-state index contributed by atoms with van der Waals surface area (Å²) in [5, 5.41) is 0. The number of cyclic esters (lactones) is 1. The van der Waals surface area contributed by atoms with Gasteiger partial charge in [-0.05, 0) is 38.2 Å². The van der Waals surface area contributed by atoms with Crippen LogP contribution in [0.15, 0.2) is 11.6 Å². The largest absolute Gasteiger partial charge is 0.496 e. The molecule has 0 aromatic heterocycles. The van der Waals surface area contributed by atoms with Gasteiger partial charge in [0.05, 0.1) is 20.3 Å². The molecule has 1 fully saturated rings. The van der Waals surface area contributed by atoms with Crippen molar-refractivity contribution in [1.82, 2.24) is 9.80 Å². The van der Waals surface area contributed by atoms with E-state index in [2.05, 4.69) is 4.90 Å². The normalized spacial score (nSPS) is 15.7. The molecule has 0 unspecified atom stereocenters. The molecule has 0 bridgehead atoms. The van der Waals surface area contributed by atoms with Crippen LogP contribution in [0.3, 0.4) is 0 Å². The first-order valence-electron chi connectivity index (χ1n) is 13.6. The van der Waals surface area contributed by atoms with Crippen molar-refractivity contribution in [3.8, 4) is 11.5 Å². The van der Waals surface area contributed by atoms with Gasteiger partial charge in [-0.2, -0.15) is 0 Å². The van der Waals surface area contributed by atoms with Crippen molar-refractivity contribution in [3.05, 3.63) is 33.9 Å². The summed E-state index contributed by atoms with van der Waals surface area (Å²) < 4.78 is 27.6. The smallest absolute Gasteiger partial charge is 0.415 e. The molecule has 1 amide bonds. The summed E-state index contributed by atoms with van der Waals surface area (Å²) in [6.45, 7) is 12.6. The second-order valence-corrected chi connectivity index (χ2v) is 10.5. The molecular formula is C29H42N2O8. The Morgan fingerprint density at radius 3 is 2.54 bits per heavy atom. The van der Waals surface area contributed by atoms with Crippen molar-refractivity contribution in [2.24, 2.45) is 5.92 Å². The average Bonchev–Trinajstić information content (AvgIpc) is 3.29. The number of allylic oxidation sites excluding steroid dienone is 2. The molecule has 2 aliphatic heterocycles. The van der Waals surface area contributed by atoms with E-state index in [0.29, 0.717) is 62.6 Å². The van der Waals surface area contributed by atoms with Crippen LogP contribution in [0.25, 0.3) is 0 Å². The van der Waals surface area contributed by atoms with Gasteiger partial charge < -0.3 is 28.6 Å². The van der Waals surface area contributed by atoms with E-state index in [4.69, 9.17) is 23.7 Å². The van der Waals surface area contributed by atoms with E-state index in [1.165, 1.54) is 4.90 Å². The lowest BCUT2D eigenvalue weighted by molar-refractivity contribution is -0.144. The Morgan fingerprint density at radius 1 is 1.15 bits per heavy atom. The first-order chi connectivity index (χ1) is 18.6. The average molecular weight is 547 g/mol. The number of methoxy groups -OCH3 is 1. The summed E-state index contributed by atoms with van der Waals surface area (Å²) in [6, 6.07) is 0. The van der Waals surface area contributed by atoms with Gasteiger partial charge in [-0.15, -0.1) is 0 Å². The third-order valence-corrected chi connectivity index (χ3v) is 6.92. The van der Waals surface area contributed by atoms with Gasteiger partial charge >= 0.3 is 18.0 Å². The highest BCUT2D eigenvalue weighted by atomic mass is 16.6. The number of carbonyl (C=O) groups is 3. The van der Waals surface area contributed by atoms with Gasteiger partial charge in [0.2, 0.25) is 0 Å². The second kappa shape index (κ2) is 14.3. The number of ether oxygens (including phenoxy) is 5. The van der Waals surface area contributed by atoms with E-state index < -0.39 is 12.1 Å². The fourth-order valence-electron chi connectivity index (χ4n) is 4.77. The lowest BCUT2D eigenvalue weighted by atomic mass is 9.94. The SMILES string of the molecule is COc1c(C)c2c(c(OC(=O)N(C)CC(C)C)c1C/C=C(\C)CCC(=O)OCCN1CCOCC1)C(=O)OC2. The fourth-order valence-corrected chi connectivity index (χ4v) is 4.77. The van der Waals surface area contributed by atoms with Crippen LogP contribution in [-0.2, 0) is 32.0 Å². The molecule has 216 valence electrons. The monoisotopic (exact) mass is 546 g/mol. The van der Waals surface area contributed by atoms with Crippen LogP contribution in [-0.4, -0.2) is 88.0 Å². The predicted molar refractivity (Wildman–Crippen MR) is 145 cm³/mol. The standard InChI is InChI=1S/C29H42N2O8/c1-19(2)17-30(5)29(34)39-27-22(26(35-6)21(4)23-18-38-28(33)25(23)27)9-7-20(3)8-10-24(32)37-16-13-31-11-14-36-15-12-31/h7,19H,8-18H2,1-6H3/b20-7+. The molecular weight excluding hydrogens is 504 g/mol. The van der Waals surface area contributed by atoms with Gasteiger partial charge in [0.1, 0.15) is 24.5 Å². The van der Waals surface area contributed by atoms with Crippen molar-refractivity contribution < 1.29 is 38.1 Å². The number of carbonyl (C=O) groups excluding carboxylic acids is 3. The molecule has 10 heteroatoms. The first-order valence-corrected chi connectivity index (χ1v) is 13.6. The van der Waals surface area contributed by atoms with Gasteiger partial charge in [0.25, 0.3) is 0 Å². The quantitative estimate of drug-likeness (QED) is 0.285. The van der Waals surface area contributed by atoms with Crippen LogP contribution < -0.4 is 9.47 Å². The van der Waals surface area contributed by atoms with Crippen molar-refractivity contribution in [2.75, 3.05) is 60.2 Å². The van der Waals surface area contributed by atoms with Crippen LogP contribution in [0.4, 0.5) is 4.79 Å². The van der Waals surface area contributed by atoms with Crippen molar-refractivity contribution in [3.63, 3.8) is 0 Å². The van der Waals surface area contributed by atoms with Gasteiger partial charge in [-0.1, -0.05) is 25.5 Å². The Bertz CT molecular complexity index is 1080. The van der Waals surface area contributed by atoms with E-state index in [0.717, 1.165) is 24.2 Å². The number of nitrogens with zero attached hydrogens (tertiary/aromatic N) is 2. The minimum absolute atomic E-state index is 0.103. The molecule has 0 saturated carbocycles. The van der Waals surface area contributed by atoms with Crippen LogP contribution in [0, 0.1) is 12.8 Å². The summed E-state index contributed by atoms with van der Waals surface area (Å²) >= 11 is 0. The Morgan fingerprint density at radius 2 is 1.87 bits per heavy atom. The van der Waals surface area contributed by atoms with Gasteiger partial charge in [0.15, 0.2) is 5.75 Å². The zero-order valence-electron chi connectivity index (χ0n) is 24.1. The Hall–Kier alpha value is -3.11. The molecule has 39 heavy (non-hydrogen) atoms. The molecule has 10 nitrogen and oxygen atoms in total. The Balaban J connectivity index is 1.71. The maximum atomic E-state index is 12.9. The maximum absolute atomic E-state index is 12.9. The number of fused-ring (bicyclic) bond motifs is 1. The molecule has 0 radical (unpaired) electrons. The topological polar surface area (TPSA) is 104 Å². The van der Waals surface area contributed by atoms with E-state index in [1.807, 2.05) is 33.8 Å². The van der Waals surface area contributed by atoms with E-state index in [1.54, 1.807) is 14.2 Å². The fraction of sp³-hybridized carbons (Fsp3) is 0.621. The molecule has 2 heterocycles. The number of rotatable bonds is 12. The number of amides is 1. The highest BCUT2D eigenvalue weighted by Crippen LogP contribution is 2.43. The molecule has 0 aliphatic carbocycles. The first kappa shape index (κ1) is 30.4. The molecule has 0 spiro atoms. The third-order valence-electron chi connectivity index (χ3n) is 6.92. The Labute approximate surface area is 231 Å². The zero-order chi connectivity index (χ0) is 28.5. The van der Waals surface area contributed by atoms with Crippen LogP contribution in [0.1, 0.15) is 60.7 Å². The number of esters is 2. The Kier molecular flexibility index (Phi) is 11.2. The molecule has 3 rings (SSSR count). The van der Waals surface area contributed by atoms with Crippen LogP contribution in [0.5, 0.6) is 11.5 Å². The van der Waals surface area contributed by atoms with Crippen molar-refractivity contribution in [2.45, 2.75) is 53.6 Å². The summed E-state index contributed by atoms with van der Waals surface area (Å²) in [6.07, 6.45) is 2.54. The van der Waals surface area contributed by atoms with E-state index in [9.17, 15) is 14.4 Å². The minimum atomic E-state index is -0.557.